The van der Waals surface area contributed by atoms with Crippen LogP contribution in [-0.4, -0.2) is 15.0 Å². The molecule has 0 spiro atoms. The molecule has 1 aromatic heterocycles. The molecule has 3 aromatic rings. The monoisotopic (exact) mass is 331 g/mol. The van der Waals surface area contributed by atoms with Crippen molar-refractivity contribution in [3.8, 4) is 16.9 Å². The number of fused-ring (bicyclic) bond motifs is 1. The van der Waals surface area contributed by atoms with Crippen LogP contribution in [0.4, 0.5) is 11.4 Å². The van der Waals surface area contributed by atoms with Gasteiger partial charge in [0.2, 0.25) is 0 Å². The minimum Gasteiger partial charge on any atom is -0.507 e. The van der Waals surface area contributed by atoms with Crippen LogP contribution in [0.25, 0.3) is 22.0 Å². The molecule has 0 radical (unpaired) electrons. The van der Waals surface area contributed by atoms with Gasteiger partial charge in [0.15, 0.2) is 0 Å². The topological polar surface area (TPSA) is 122 Å². The van der Waals surface area contributed by atoms with E-state index < -0.39 is 10.5 Å². The summed E-state index contributed by atoms with van der Waals surface area (Å²) in [6, 6.07) is 8.27. The third kappa shape index (κ3) is 2.47. The number of pyridine rings is 1. The van der Waals surface area contributed by atoms with Crippen LogP contribution in [0.3, 0.4) is 0 Å². The number of benzene rings is 2. The summed E-state index contributed by atoms with van der Waals surface area (Å²) in [5.74, 6) is -0.139. The summed E-state index contributed by atoms with van der Waals surface area (Å²) in [6.07, 6.45) is 0. The number of nitrogen functional groups attached to an aromatic ring is 1. The Balaban J connectivity index is 2.48. The van der Waals surface area contributed by atoms with Crippen LogP contribution in [-0.2, 0) is 0 Å². The second-order valence-corrected chi connectivity index (χ2v) is 5.33. The van der Waals surface area contributed by atoms with Gasteiger partial charge in [0.05, 0.1) is 4.92 Å². The van der Waals surface area contributed by atoms with Gasteiger partial charge in [-0.3, -0.25) is 14.9 Å². The molecule has 7 nitrogen and oxygen atoms in total. The van der Waals surface area contributed by atoms with E-state index in [0.717, 1.165) is 0 Å². The minimum atomic E-state index is -0.555. The zero-order valence-corrected chi connectivity index (χ0v) is 12.3. The molecule has 116 valence electrons. The normalized spacial score (nSPS) is 10.8. The first-order chi connectivity index (χ1) is 10.9. The number of aromatic nitrogens is 1. The van der Waals surface area contributed by atoms with Crippen LogP contribution >= 0.6 is 11.6 Å². The van der Waals surface area contributed by atoms with Crippen molar-refractivity contribution in [1.29, 1.82) is 0 Å². The second-order valence-electron chi connectivity index (χ2n) is 4.89. The maximum absolute atomic E-state index is 12.0. The Bertz CT molecular complexity index is 1010. The van der Waals surface area contributed by atoms with Gasteiger partial charge in [-0.25, -0.2) is 0 Å². The maximum atomic E-state index is 12.0. The van der Waals surface area contributed by atoms with Crippen molar-refractivity contribution < 1.29 is 10.0 Å². The molecule has 2 aromatic carbocycles. The molecule has 1 heterocycles. The molecule has 0 fully saturated rings. The zero-order valence-electron chi connectivity index (χ0n) is 11.5. The number of nitro groups is 1. The second kappa shape index (κ2) is 5.29. The quantitative estimate of drug-likeness (QED) is 0.492. The number of aromatic hydroxyl groups is 1. The standard InChI is InChI=1S/C15H10ClN3O4/c16-7-1-4-12(20)10(5-7)13-9-6-8(19(22)23)2-3-11(9)18-15(21)14(13)17/h1-6,20H,17H2,(H,18,21). The number of phenols is 1. The van der Waals surface area contributed by atoms with Crippen molar-refractivity contribution in [2.24, 2.45) is 0 Å². The Kier molecular flexibility index (Phi) is 3.42. The number of nitrogens with two attached hydrogens (primary N) is 1. The van der Waals surface area contributed by atoms with Gasteiger partial charge in [0.25, 0.3) is 11.2 Å². The van der Waals surface area contributed by atoms with Crippen molar-refractivity contribution in [1.82, 2.24) is 4.98 Å². The Labute approximate surface area is 134 Å². The number of anilines is 1. The number of nitrogens with zero attached hydrogens (tertiary/aromatic N) is 1. The lowest BCUT2D eigenvalue weighted by molar-refractivity contribution is -0.384. The van der Waals surface area contributed by atoms with Crippen LogP contribution in [0.1, 0.15) is 0 Å². The molecule has 0 aliphatic carbocycles. The minimum absolute atomic E-state index is 0.139. The number of H-pyrrole nitrogens is 1. The number of non-ortho nitro benzene ring substituents is 1. The Hall–Kier alpha value is -3.06. The molecule has 0 aliphatic rings. The molecule has 3 rings (SSSR count). The van der Waals surface area contributed by atoms with Gasteiger partial charge in [-0.15, -0.1) is 0 Å². The first-order valence-corrected chi connectivity index (χ1v) is 6.85. The summed E-state index contributed by atoms with van der Waals surface area (Å²) in [7, 11) is 0. The third-order valence-electron chi connectivity index (χ3n) is 3.47. The van der Waals surface area contributed by atoms with E-state index in [1.165, 1.54) is 36.4 Å². The fourth-order valence-corrected chi connectivity index (χ4v) is 2.58. The maximum Gasteiger partial charge on any atom is 0.272 e. The van der Waals surface area contributed by atoms with E-state index in [1.807, 2.05) is 0 Å². The van der Waals surface area contributed by atoms with E-state index in [1.54, 1.807) is 0 Å². The number of hydrogen-bond acceptors (Lipinski definition) is 5. The fourth-order valence-electron chi connectivity index (χ4n) is 2.41. The number of nitrogens with one attached hydrogen (secondary N) is 1. The van der Waals surface area contributed by atoms with Crippen molar-refractivity contribution in [2.75, 3.05) is 5.73 Å². The van der Waals surface area contributed by atoms with E-state index in [0.29, 0.717) is 15.9 Å². The lowest BCUT2D eigenvalue weighted by atomic mass is 9.98. The summed E-state index contributed by atoms with van der Waals surface area (Å²) in [5.41, 5.74) is 5.78. The fraction of sp³-hybridized carbons (Fsp3) is 0. The van der Waals surface area contributed by atoms with Gasteiger partial charge in [0, 0.05) is 39.2 Å². The molecular weight excluding hydrogens is 322 g/mol. The van der Waals surface area contributed by atoms with Crippen LogP contribution in [0.5, 0.6) is 5.75 Å². The predicted molar refractivity (Wildman–Crippen MR) is 87.7 cm³/mol. The molecule has 0 amide bonds. The van der Waals surface area contributed by atoms with Crippen LogP contribution in [0.2, 0.25) is 5.02 Å². The highest BCUT2D eigenvalue weighted by Gasteiger charge is 2.18. The molecule has 0 aliphatic heterocycles. The zero-order chi connectivity index (χ0) is 16.7. The summed E-state index contributed by atoms with van der Waals surface area (Å²) in [6.45, 7) is 0. The smallest absolute Gasteiger partial charge is 0.272 e. The highest BCUT2D eigenvalue weighted by atomic mass is 35.5. The van der Waals surface area contributed by atoms with E-state index in [4.69, 9.17) is 17.3 Å². The number of nitro benzene ring substituents is 1. The summed E-state index contributed by atoms with van der Waals surface area (Å²) in [5, 5.41) is 21.7. The number of rotatable bonds is 2. The first kappa shape index (κ1) is 14.9. The Morgan fingerprint density at radius 1 is 1.22 bits per heavy atom. The highest BCUT2D eigenvalue weighted by molar-refractivity contribution is 6.31. The van der Waals surface area contributed by atoms with Crippen molar-refractivity contribution >= 4 is 33.9 Å². The van der Waals surface area contributed by atoms with Crippen molar-refractivity contribution in [2.45, 2.75) is 0 Å². The number of phenolic OH excluding ortho intramolecular Hbond substituents is 1. The van der Waals surface area contributed by atoms with E-state index in [2.05, 4.69) is 4.98 Å². The van der Waals surface area contributed by atoms with E-state index in [9.17, 15) is 20.0 Å². The molecule has 4 N–H and O–H groups in total. The van der Waals surface area contributed by atoms with Gasteiger partial charge in [-0.2, -0.15) is 0 Å². The number of hydrogen-bond donors (Lipinski definition) is 3. The molecule has 0 saturated carbocycles. The Morgan fingerprint density at radius 2 is 1.96 bits per heavy atom. The van der Waals surface area contributed by atoms with E-state index in [-0.39, 0.29) is 28.3 Å². The van der Waals surface area contributed by atoms with Crippen LogP contribution in [0, 0.1) is 10.1 Å². The first-order valence-electron chi connectivity index (χ1n) is 6.47. The van der Waals surface area contributed by atoms with Gasteiger partial charge >= 0.3 is 0 Å². The largest absolute Gasteiger partial charge is 0.507 e. The third-order valence-corrected chi connectivity index (χ3v) is 3.71. The van der Waals surface area contributed by atoms with Crippen molar-refractivity contribution in [3.05, 3.63) is 61.9 Å². The lowest BCUT2D eigenvalue weighted by Crippen LogP contribution is -2.13. The van der Waals surface area contributed by atoms with Gasteiger partial charge in [-0.05, 0) is 24.3 Å². The average Bonchev–Trinajstić information content (AvgIpc) is 2.51. The summed E-state index contributed by atoms with van der Waals surface area (Å²) in [4.78, 5) is 25.0. The molecular formula is C15H10ClN3O4. The molecule has 0 bridgehead atoms. The predicted octanol–water partition coefficient (Wildman–Crippen LogP) is 3.04. The van der Waals surface area contributed by atoms with Gasteiger partial charge < -0.3 is 15.8 Å². The Morgan fingerprint density at radius 3 is 2.65 bits per heavy atom. The van der Waals surface area contributed by atoms with E-state index >= 15 is 0 Å². The highest BCUT2D eigenvalue weighted by Crippen LogP contribution is 2.38. The van der Waals surface area contributed by atoms with Crippen LogP contribution < -0.4 is 11.3 Å². The lowest BCUT2D eigenvalue weighted by Gasteiger charge is -2.11. The molecule has 0 saturated heterocycles. The van der Waals surface area contributed by atoms with Gasteiger partial charge in [-0.1, -0.05) is 11.6 Å². The molecule has 0 unspecified atom stereocenters. The molecule has 23 heavy (non-hydrogen) atoms. The molecule has 8 heteroatoms. The number of halogens is 1. The summed E-state index contributed by atoms with van der Waals surface area (Å²) < 4.78 is 0. The average molecular weight is 332 g/mol. The van der Waals surface area contributed by atoms with Crippen LogP contribution in [0.15, 0.2) is 41.2 Å². The number of aromatic amines is 1. The SMILES string of the molecule is Nc1c(-c2cc(Cl)ccc2O)c2cc([N+](=O)[O-])ccc2[nH]c1=O. The van der Waals surface area contributed by atoms with Gasteiger partial charge in [0.1, 0.15) is 11.4 Å². The molecule has 0 atom stereocenters. The van der Waals surface area contributed by atoms with Crippen molar-refractivity contribution in [3.63, 3.8) is 0 Å². The summed E-state index contributed by atoms with van der Waals surface area (Å²) >= 11 is 5.95.